The summed E-state index contributed by atoms with van der Waals surface area (Å²) in [6.07, 6.45) is 0. The number of benzene rings is 1. The van der Waals surface area contributed by atoms with Crippen molar-refractivity contribution in [3.05, 3.63) is 23.9 Å². The summed E-state index contributed by atoms with van der Waals surface area (Å²) >= 11 is 0. The number of halogens is 1. The molecule has 1 heterocycles. The van der Waals surface area contributed by atoms with Gasteiger partial charge < -0.3 is 15.2 Å². The van der Waals surface area contributed by atoms with Crippen molar-refractivity contribution in [1.29, 1.82) is 0 Å². The zero-order valence-corrected chi connectivity index (χ0v) is 13.1. The molecule has 1 aromatic carbocycles. The van der Waals surface area contributed by atoms with E-state index in [-0.39, 0.29) is 55.8 Å². The molecule has 0 saturated carbocycles. The normalized spacial score (nSPS) is 9.21. The number of aromatic amines is 1. The van der Waals surface area contributed by atoms with Gasteiger partial charge in [0.1, 0.15) is 0 Å². The third-order valence-corrected chi connectivity index (χ3v) is 1.85. The molecule has 0 aliphatic heterocycles. The molecular formula is C9H10BrNO2Pb. The van der Waals surface area contributed by atoms with Crippen molar-refractivity contribution >= 4 is 55.2 Å². The largest absolute Gasteiger partial charge is 0.504 e. The molecular weight excluding hydrogens is 441 g/mol. The topological polar surface area (TPSA) is 56.2 Å². The van der Waals surface area contributed by atoms with Gasteiger partial charge in [-0.25, -0.2) is 0 Å². The molecule has 0 bridgehead atoms. The third-order valence-electron chi connectivity index (χ3n) is 1.85. The van der Waals surface area contributed by atoms with Crippen LogP contribution in [-0.2, 0) is 0 Å². The van der Waals surface area contributed by atoms with Gasteiger partial charge in [0.05, 0.1) is 0 Å². The van der Waals surface area contributed by atoms with Gasteiger partial charge >= 0.3 is 0 Å². The molecule has 14 heavy (non-hydrogen) atoms. The van der Waals surface area contributed by atoms with E-state index < -0.39 is 0 Å². The summed E-state index contributed by atoms with van der Waals surface area (Å²) in [6.45, 7) is 1.92. The summed E-state index contributed by atoms with van der Waals surface area (Å²) in [6, 6.07) is 4.96. The Kier molecular flexibility index (Phi) is 4.93. The Hall–Kier alpha value is -0.238. The van der Waals surface area contributed by atoms with Crippen molar-refractivity contribution in [1.82, 2.24) is 4.98 Å². The van der Waals surface area contributed by atoms with Crippen LogP contribution in [0.5, 0.6) is 11.5 Å². The van der Waals surface area contributed by atoms with Crippen LogP contribution in [0, 0.1) is 6.92 Å². The number of hydrogen-bond acceptors (Lipinski definition) is 2. The number of phenolic OH excluding ortho intramolecular Hbond substituents is 2. The molecule has 0 unspecified atom stereocenters. The number of fused-ring (bicyclic) bond motifs is 1. The van der Waals surface area contributed by atoms with Crippen LogP contribution in [0.2, 0.25) is 0 Å². The Balaban J connectivity index is 0.000000845. The molecule has 0 atom stereocenters. The first-order valence-electron chi connectivity index (χ1n) is 3.68. The van der Waals surface area contributed by atoms with Gasteiger partial charge in [-0.05, 0) is 19.1 Å². The molecule has 5 heteroatoms. The molecule has 0 aliphatic rings. The predicted octanol–water partition coefficient (Wildman–Crippen LogP) is 2.08. The van der Waals surface area contributed by atoms with Crippen LogP contribution in [0.3, 0.4) is 0 Å². The van der Waals surface area contributed by atoms with E-state index in [0.29, 0.717) is 0 Å². The van der Waals surface area contributed by atoms with E-state index in [4.69, 9.17) is 10.2 Å². The Morgan fingerprint density at radius 1 is 1.07 bits per heavy atom. The van der Waals surface area contributed by atoms with Crippen LogP contribution in [0.4, 0.5) is 0 Å². The molecule has 0 fully saturated rings. The minimum atomic E-state index is -0.0932. The van der Waals surface area contributed by atoms with E-state index in [1.165, 1.54) is 12.1 Å². The zero-order chi connectivity index (χ0) is 8.72. The summed E-state index contributed by atoms with van der Waals surface area (Å²) in [7, 11) is 0. The van der Waals surface area contributed by atoms with Crippen LogP contribution >= 0.6 is 17.0 Å². The molecule has 4 radical (unpaired) electrons. The first-order chi connectivity index (χ1) is 5.66. The number of H-pyrrole nitrogens is 1. The first-order valence-corrected chi connectivity index (χ1v) is 3.68. The van der Waals surface area contributed by atoms with E-state index in [0.717, 1.165) is 16.6 Å². The summed E-state index contributed by atoms with van der Waals surface area (Å²) in [5, 5.41) is 19.2. The summed E-state index contributed by atoms with van der Waals surface area (Å²) in [4.78, 5) is 3.06. The van der Waals surface area contributed by atoms with Gasteiger partial charge in [0.25, 0.3) is 0 Å². The molecule has 0 aliphatic carbocycles. The first kappa shape index (κ1) is 13.8. The monoisotopic (exact) mass is 451 g/mol. The number of aryl methyl sites for hydroxylation is 1. The van der Waals surface area contributed by atoms with Crippen LogP contribution in [0.25, 0.3) is 10.9 Å². The molecule has 0 spiro atoms. The smallest absolute Gasteiger partial charge is 0.159 e. The second kappa shape index (κ2) is 5.02. The van der Waals surface area contributed by atoms with E-state index in [9.17, 15) is 0 Å². The Bertz CT molecular complexity index is 403. The summed E-state index contributed by atoms with van der Waals surface area (Å²) in [5.41, 5.74) is 1.85. The number of phenols is 2. The molecule has 2 aromatic rings. The third kappa shape index (κ3) is 2.41. The SMILES string of the molecule is Br.Cc1cc2cc(O)c(O)cc2[nH]1.[Pb]. The predicted molar refractivity (Wildman–Crippen MR) is 62.4 cm³/mol. The van der Waals surface area contributed by atoms with E-state index in [1.54, 1.807) is 0 Å². The Labute approximate surface area is 112 Å². The number of aromatic hydroxyl groups is 2. The Morgan fingerprint density at radius 2 is 1.64 bits per heavy atom. The quantitative estimate of drug-likeness (QED) is 0.425. The van der Waals surface area contributed by atoms with Crippen LogP contribution < -0.4 is 0 Å². The van der Waals surface area contributed by atoms with Gasteiger partial charge in [-0.2, -0.15) is 0 Å². The number of aromatic nitrogens is 1. The fraction of sp³-hybridized carbons (Fsp3) is 0.111. The van der Waals surface area contributed by atoms with Crippen LogP contribution in [-0.4, -0.2) is 42.5 Å². The van der Waals surface area contributed by atoms with E-state index >= 15 is 0 Å². The van der Waals surface area contributed by atoms with E-state index in [1.807, 2.05) is 13.0 Å². The van der Waals surface area contributed by atoms with Crippen LogP contribution in [0.1, 0.15) is 5.69 Å². The molecule has 3 nitrogen and oxygen atoms in total. The second-order valence-corrected chi connectivity index (χ2v) is 2.88. The van der Waals surface area contributed by atoms with Crippen molar-refractivity contribution in [2.24, 2.45) is 0 Å². The van der Waals surface area contributed by atoms with Gasteiger partial charge in [0, 0.05) is 50.0 Å². The summed E-state index contributed by atoms with van der Waals surface area (Å²) in [5.74, 6) is -0.175. The molecule has 3 N–H and O–H groups in total. The van der Waals surface area contributed by atoms with E-state index in [2.05, 4.69) is 4.98 Å². The number of rotatable bonds is 0. The van der Waals surface area contributed by atoms with Crippen molar-refractivity contribution in [3.63, 3.8) is 0 Å². The van der Waals surface area contributed by atoms with Crippen LogP contribution in [0.15, 0.2) is 18.2 Å². The maximum atomic E-state index is 9.16. The van der Waals surface area contributed by atoms with Crippen molar-refractivity contribution in [2.45, 2.75) is 6.92 Å². The minimum absolute atomic E-state index is 0. The molecule has 1 aromatic heterocycles. The minimum Gasteiger partial charge on any atom is -0.504 e. The zero-order valence-electron chi connectivity index (χ0n) is 7.53. The molecule has 2 rings (SSSR count). The second-order valence-electron chi connectivity index (χ2n) is 2.88. The van der Waals surface area contributed by atoms with Gasteiger partial charge in [-0.15, -0.1) is 17.0 Å². The van der Waals surface area contributed by atoms with Gasteiger partial charge in [0.2, 0.25) is 0 Å². The van der Waals surface area contributed by atoms with Gasteiger partial charge in [-0.3, -0.25) is 0 Å². The standard InChI is InChI=1S/C9H9NO2.BrH.Pb/c1-5-2-6-3-8(11)9(12)4-7(6)10-5;;/h2-4,10-12H,1H3;1H;. The van der Waals surface area contributed by atoms with Gasteiger partial charge in [0.15, 0.2) is 11.5 Å². The summed E-state index contributed by atoms with van der Waals surface area (Å²) < 4.78 is 0. The Morgan fingerprint density at radius 3 is 2.29 bits per heavy atom. The van der Waals surface area contributed by atoms with Crippen molar-refractivity contribution in [3.8, 4) is 11.5 Å². The molecule has 74 valence electrons. The number of nitrogens with one attached hydrogen (secondary N) is 1. The van der Waals surface area contributed by atoms with Crippen molar-refractivity contribution < 1.29 is 10.2 Å². The maximum Gasteiger partial charge on any atom is 0.159 e. The average molecular weight is 451 g/mol. The fourth-order valence-corrected chi connectivity index (χ4v) is 1.30. The average Bonchev–Trinajstić information content (AvgIpc) is 2.30. The number of hydrogen-bond donors (Lipinski definition) is 3. The van der Waals surface area contributed by atoms with Crippen molar-refractivity contribution in [2.75, 3.05) is 0 Å². The fourth-order valence-electron chi connectivity index (χ4n) is 1.30. The molecule has 0 saturated heterocycles. The maximum absolute atomic E-state index is 9.16. The molecule has 0 amide bonds. The van der Waals surface area contributed by atoms with Gasteiger partial charge in [-0.1, -0.05) is 0 Å².